The Hall–Kier alpha value is -1.67. The summed E-state index contributed by atoms with van der Waals surface area (Å²) >= 11 is 3.37. The Kier molecular flexibility index (Phi) is 5.05. The second-order valence-electron chi connectivity index (χ2n) is 5.74. The van der Waals surface area contributed by atoms with Crippen LogP contribution in [-0.2, 0) is 11.3 Å². The standard InChI is InChI=1S/C17H18BrNO5/c1-9-12(6-14(24-9)16-15(21)13(20)8-23-16)17(22)19-7-10-2-4-11(18)5-3-10/h2-6,13,15-16,20-21H,7-8H2,1H3,(H,19,22)/t13-,15-,16+/m1/s1. The van der Waals surface area contributed by atoms with Crippen LogP contribution >= 0.6 is 15.9 Å². The molecule has 1 amide bonds. The van der Waals surface area contributed by atoms with Crippen molar-refractivity contribution >= 4 is 21.8 Å². The Bertz CT molecular complexity index is 727. The van der Waals surface area contributed by atoms with E-state index in [-0.39, 0.29) is 12.5 Å². The highest BCUT2D eigenvalue weighted by Crippen LogP contribution is 2.32. The molecule has 1 aliphatic heterocycles. The maximum Gasteiger partial charge on any atom is 0.255 e. The number of nitrogens with one attached hydrogen (secondary N) is 1. The lowest BCUT2D eigenvalue weighted by Crippen LogP contribution is -2.25. The van der Waals surface area contributed by atoms with Crippen molar-refractivity contribution in [3.8, 4) is 0 Å². The number of furan rings is 1. The largest absolute Gasteiger partial charge is 0.463 e. The van der Waals surface area contributed by atoms with Crippen molar-refractivity contribution in [3.63, 3.8) is 0 Å². The van der Waals surface area contributed by atoms with Crippen molar-refractivity contribution < 1.29 is 24.2 Å². The molecule has 128 valence electrons. The molecule has 1 fully saturated rings. The molecular weight excluding hydrogens is 378 g/mol. The molecule has 2 aromatic rings. The summed E-state index contributed by atoms with van der Waals surface area (Å²) in [6.07, 6.45) is -2.77. The van der Waals surface area contributed by atoms with Gasteiger partial charge in [-0.3, -0.25) is 4.79 Å². The summed E-state index contributed by atoms with van der Waals surface area (Å²) in [5, 5.41) is 22.3. The number of rotatable bonds is 4. The smallest absolute Gasteiger partial charge is 0.255 e. The van der Waals surface area contributed by atoms with Crippen LogP contribution < -0.4 is 5.32 Å². The molecule has 0 saturated carbocycles. The van der Waals surface area contributed by atoms with Gasteiger partial charge in [0.15, 0.2) is 0 Å². The minimum absolute atomic E-state index is 0.0384. The van der Waals surface area contributed by atoms with Crippen LogP contribution in [0.25, 0.3) is 0 Å². The monoisotopic (exact) mass is 395 g/mol. The van der Waals surface area contributed by atoms with Crippen LogP contribution in [0.15, 0.2) is 39.2 Å². The van der Waals surface area contributed by atoms with Crippen LogP contribution in [0.4, 0.5) is 0 Å². The number of halogens is 1. The van der Waals surface area contributed by atoms with Gasteiger partial charge in [-0.1, -0.05) is 28.1 Å². The first-order valence-corrected chi connectivity index (χ1v) is 8.35. The van der Waals surface area contributed by atoms with Gasteiger partial charge in [0.1, 0.15) is 29.8 Å². The highest BCUT2D eigenvalue weighted by Gasteiger charge is 2.38. The lowest BCUT2D eigenvalue weighted by Gasteiger charge is -2.11. The third-order valence-corrected chi connectivity index (χ3v) is 4.51. The van der Waals surface area contributed by atoms with E-state index >= 15 is 0 Å². The molecular formula is C17H18BrNO5. The van der Waals surface area contributed by atoms with Crippen molar-refractivity contribution in [2.45, 2.75) is 31.8 Å². The summed E-state index contributed by atoms with van der Waals surface area (Å²) in [5.74, 6) is 0.513. The fraction of sp³-hybridized carbons (Fsp3) is 0.353. The second-order valence-corrected chi connectivity index (χ2v) is 6.66. The van der Waals surface area contributed by atoms with Crippen LogP contribution in [0, 0.1) is 6.92 Å². The number of amides is 1. The molecule has 1 aromatic carbocycles. The molecule has 3 atom stereocenters. The van der Waals surface area contributed by atoms with Crippen LogP contribution in [0.1, 0.15) is 33.5 Å². The minimum atomic E-state index is -1.06. The van der Waals surface area contributed by atoms with Crippen molar-refractivity contribution in [1.29, 1.82) is 0 Å². The Morgan fingerprint density at radius 1 is 1.33 bits per heavy atom. The molecule has 7 heteroatoms. The molecule has 0 radical (unpaired) electrons. The summed E-state index contributed by atoms with van der Waals surface area (Å²) < 4.78 is 11.8. The van der Waals surface area contributed by atoms with Crippen LogP contribution in [0.5, 0.6) is 0 Å². The topological polar surface area (TPSA) is 91.9 Å². The molecule has 3 N–H and O–H groups in total. The summed E-state index contributed by atoms with van der Waals surface area (Å²) in [6, 6.07) is 9.21. The van der Waals surface area contributed by atoms with Gasteiger partial charge in [0.2, 0.25) is 0 Å². The predicted octanol–water partition coefficient (Wildman–Crippen LogP) is 2.07. The van der Waals surface area contributed by atoms with Gasteiger partial charge in [0.05, 0.1) is 12.2 Å². The average molecular weight is 396 g/mol. The van der Waals surface area contributed by atoms with Crippen molar-refractivity contribution in [3.05, 3.63) is 57.5 Å². The minimum Gasteiger partial charge on any atom is -0.463 e. The maximum absolute atomic E-state index is 12.3. The van der Waals surface area contributed by atoms with E-state index in [1.54, 1.807) is 13.0 Å². The van der Waals surface area contributed by atoms with E-state index in [1.165, 1.54) is 0 Å². The normalized spacial score (nSPS) is 23.4. The number of benzene rings is 1. The zero-order valence-electron chi connectivity index (χ0n) is 13.0. The fourth-order valence-corrected chi connectivity index (χ4v) is 2.87. The van der Waals surface area contributed by atoms with Crippen molar-refractivity contribution in [1.82, 2.24) is 5.32 Å². The number of aliphatic hydroxyl groups is 2. The molecule has 3 rings (SSSR count). The Balaban J connectivity index is 1.68. The van der Waals surface area contributed by atoms with Gasteiger partial charge in [0, 0.05) is 11.0 Å². The molecule has 24 heavy (non-hydrogen) atoms. The van der Waals surface area contributed by atoms with Crippen LogP contribution in [0.2, 0.25) is 0 Å². The van der Waals surface area contributed by atoms with E-state index in [4.69, 9.17) is 9.15 Å². The van der Waals surface area contributed by atoms with Gasteiger partial charge >= 0.3 is 0 Å². The van der Waals surface area contributed by atoms with Crippen LogP contribution in [-0.4, -0.2) is 34.9 Å². The molecule has 0 spiro atoms. The summed E-state index contributed by atoms with van der Waals surface area (Å²) in [6.45, 7) is 2.11. The second kappa shape index (κ2) is 7.06. The third kappa shape index (κ3) is 3.54. The third-order valence-electron chi connectivity index (χ3n) is 3.98. The number of carbonyl (C=O) groups excluding carboxylic acids is 1. The Labute approximate surface area is 147 Å². The lowest BCUT2D eigenvalue weighted by atomic mass is 10.1. The average Bonchev–Trinajstić information content (AvgIpc) is 3.10. The first kappa shape index (κ1) is 17.2. The number of carbonyl (C=O) groups is 1. The zero-order chi connectivity index (χ0) is 17.3. The predicted molar refractivity (Wildman–Crippen MR) is 89.5 cm³/mol. The highest BCUT2D eigenvalue weighted by molar-refractivity contribution is 9.10. The SMILES string of the molecule is Cc1oc([C@@H]2OC[C@@H](O)[C@H]2O)cc1C(=O)NCc1ccc(Br)cc1. The van der Waals surface area contributed by atoms with E-state index in [0.29, 0.717) is 23.6 Å². The fourth-order valence-electron chi connectivity index (χ4n) is 2.60. The number of aryl methyl sites for hydroxylation is 1. The molecule has 2 heterocycles. The Morgan fingerprint density at radius 3 is 2.67 bits per heavy atom. The van der Waals surface area contributed by atoms with Crippen LogP contribution in [0.3, 0.4) is 0 Å². The molecule has 1 saturated heterocycles. The van der Waals surface area contributed by atoms with Crippen molar-refractivity contribution in [2.24, 2.45) is 0 Å². The van der Waals surface area contributed by atoms with Gasteiger partial charge in [-0.05, 0) is 30.7 Å². The van der Waals surface area contributed by atoms with Gasteiger partial charge in [-0.15, -0.1) is 0 Å². The lowest BCUT2D eigenvalue weighted by molar-refractivity contribution is 0.0117. The van der Waals surface area contributed by atoms with Gasteiger partial charge in [-0.25, -0.2) is 0 Å². The number of hydrogen-bond acceptors (Lipinski definition) is 5. The highest BCUT2D eigenvalue weighted by atomic mass is 79.9. The van der Waals surface area contributed by atoms with E-state index in [2.05, 4.69) is 21.2 Å². The summed E-state index contributed by atoms with van der Waals surface area (Å²) in [7, 11) is 0. The van der Waals surface area contributed by atoms with Crippen molar-refractivity contribution in [2.75, 3.05) is 6.61 Å². The van der Waals surface area contributed by atoms with E-state index in [0.717, 1.165) is 10.0 Å². The van der Waals surface area contributed by atoms with E-state index in [9.17, 15) is 15.0 Å². The molecule has 0 unspecified atom stereocenters. The number of aliphatic hydroxyl groups excluding tert-OH is 2. The molecule has 0 aliphatic carbocycles. The van der Waals surface area contributed by atoms with Gasteiger partial charge in [0.25, 0.3) is 5.91 Å². The first-order valence-electron chi connectivity index (χ1n) is 7.56. The first-order chi connectivity index (χ1) is 11.5. The van der Waals surface area contributed by atoms with Gasteiger partial charge in [-0.2, -0.15) is 0 Å². The molecule has 1 aliphatic rings. The Morgan fingerprint density at radius 2 is 2.04 bits per heavy atom. The molecule has 0 bridgehead atoms. The maximum atomic E-state index is 12.3. The van der Waals surface area contributed by atoms with E-state index in [1.807, 2.05) is 24.3 Å². The summed E-state index contributed by atoms with van der Waals surface area (Å²) in [4.78, 5) is 12.3. The summed E-state index contributed by atoms with van der Waals surface area (Å²) in [5.41, 5.74) is 1.37. The quantitative estimate of drug-likeness (QED) is 0.736. The van der Waals surface area contributed by atoms with Gasteiger partial charge < -0.3 is 24.7 Å². The zero-order valence-corrected chi connectivity index (χ0v) is 14.6. The molecule has 6 nitrogen and oxygen atoms in total. The van der Waals surface area contributed by atoms with E-state index < -0.39 is 18.3 Å². The molecule has 1 aromatic heterocycles. The number of hydrogen-bond donors (Lipinski definition) is 3. The number of ether oxygens (including phenoxy) is 1.